The third-order valence-electron chi connectivity index (χ3n) is 5.61. The lowest BCUT2D eigenvalue weighted by Gasteiger charge is -2.59. The molecule has 2 unspecified atom stereocenters. The maximum absolute atomic E-state index is 5.68. The summed E-state index contributed by atoms with van der Waals surface area (Å²) in [5.74, 6) is 0.879. The maximum atomic E-state index is 5.68. The summed E-state index contributed by atoms with van der Waals surface area (Å²) in [6, 6.07) is 0.381. The highest BCUT2D eigenvalue weighted by molar-refractivity contribution is 14.0. The van der Waals surface area contributed by atoms with Gasteiger partial charge in [0.2, 0.25) is 0 Å². The number of nitrogens with zero attached hydrogens (tertiary/aromatic N) is 1. The summed E-state index contributed by atoms with van der Waals surface area (Å²) in [4.78, 5) is 4.34. The Morgan fingerprint density at radius 3 is 2.70 bits per heavy atom. The monoisotopic (exact) mass is 437 g/mol. The van der Waals surface area contributed by atoms with Crippen LogP contribution in [0.2, 0.25) is 0 Å². The van der Waals surface area contributed by atoms with Crippen molar-refractivity contribution in [3.8, 4) is 0 Å². The van der Waals surface area contributed by atoms with E-state index in [0.29, 0.717) is 6.04 Å². The largest absolute Gasteiger partial charge is 0.378 e. The van der Waals surface area contributed by atoms with Crippen molar-refractivity contribution in [3.05, 3.63) is 11.6 Å². The molecule has 2 N–H and O–H groups in total. The van der Waals surface area contributed by atoms with Crippen molar-refractivity contribution in [2.24, 2.45) is 10.4 Å². The van der Waals surface area contributed by atoms with E-state index in [1.807, 2.05) is 7.05 Å². The molecule has 0 aromatic heterocycles. The lowest BCUT2D eigenvalue weighted by atomic mass is 9.56. The number of halogens is 1. The highest BCUT2D eigenvalue weighted by atomic mass is 127. The molecule has 1 heterocycles. The molecule has 0 amide bonds. The number of rotatable bonds is 5. The number of guanidine groups is 1. The zero-order valence-electron chi connectivity index (χ0n) is 15.1. The molecule has 0 aromatic carbocycles. The molecule has 0 bridgehead atoms. The molecule has 6 heteroatoms. The van der Waals surface area contributed by atoms with Gasteiger partial charge in [-0.3, -0.25) is 4.99 Å². The number of nitrogens with one attached hydrogen (secondary N) is 2. The molecule has 2 aliphatic rings. The lowest BCUT2D eigenvalue weighted by molar-refractivity contribution is -0.176. The first-order valence-corrected chi connectivity index (χ1v) is 8.21. The SMILES string of the molecule is CN=C(NCCC1=CCOCC1)NC1CC(C)(OC)C1(C)C.I. The molecule has 1 saturated carbocycles. The van der Waals surface area contributed by atoms with Gasteiger partial charge in [0.05, 0.1) is 18.8 Å². The molecule has 1 aliphatic heterocycles. The average molecular weight is 437 g/mol. The van der Waals surface area contributed by atoms with Crippen LogP contribution in [-0.4, -0.2) is 51.5 Å². The predicted octanol–water partition coefficient (Wildman–Crippen LogP) is 2.71. The second-order valence-corrected chi connectivity index (χ2v) is 6.99. The fourth-order valence-corrected chi connectivity index (χ4v) is 3.22. The summed E-state index contributed by atoms with van der Waals surface area (Å²) < 4.78 is 11.0. The third-order valence-corrected chi connectivity index (χ3v) is 5.61. The van der Waals surface area contributed by atoms with E-state index in [-0.39, 0.29) is 35.0 Å². The van der Waals surface area contributed by atoms with E-state index in [4.69, 9.17) is 9.47 Å². The van der Waals surface area contributed by atoms with Crippen LogP contribution in [-0.2, 0) is 9.47 Å². The minimum Gasteiger partial charge on any atom is -0.378 e. The maximum Gasteiger partial charge on any atom is 0.191 e. The molecule has 2 rings (SSSR count). The van der Waals surface area contributed by atoms with Crippen LogP contribution in [0, 0.1) is 5.41 Å². The summed E-state index contributed by atoms with van der Waals surface area (Å²) in [6.07, 6.45) is 5.30. The van der Waals surface area contributed by atoms with Crippen LogP contribution in [0.5, 0.6) is 0 Å². The van der Waals surface area contributed by atoms with Gasteiger partial charge < -0.3 is 20.1 Å². The first-order valence-electron chi connectivity index (χ1n) is 8.21. The average Bonchev–Trinajstić information content (AvgIpc) is 2.53. The molecule has 0 spiro atoms. The van der Waals surface area contributed by atoms with Gasteiger partial charge in [0.25, 0.3) is 0 Å². The summed E-state index contributed by atoms with van der Waals surface area (Å²) in [7, 11) is 3.62. The second kappa shape index (κ2) is 8.67. The molecule has 23 heavy (non-hydrogen) atoms. The van der Waals surface area contributed by atoms with Crippen molar-refractivity contribution in [1.82, 2.24) is 10.6 Å². The Morgan fingerprint density at radius 1 is 1.43 bits per heavy atom. The number of ether oxygens (including phenoxy) is 2. The van der Waals surface area contributed by atoms with Crippen LogP contribution in [0.25, 0.3) is 0 Å². The molecule has 1 aliphatic carbocycles. The standard InChI is InChI=1S/C17H31N3O2.HI/c1-16(2)14(12-17(16,3)21-5)20-15(18-4)19-9-6-13-7-10-22-11-8-13;/h7,14H,6,8-12H2,1-5H3,(H2,18,19,20);1H. The van der Waals surface area contributed by atoms with Gasteiger partial charge in [-0.1, -0.05) is 25.5 Å². The number of hydrogen-bond donors (Lipinski definition) is 2. The van der Waals surface area contributed by atoms with E-state index in [2.05, 4.69) is 42.5 Å². The third kappa shape index (κ3) is 4.60. The smallest absolute Gasteiger partial charge is 0.191 e. The zero-order chi connectivity index (χ0) is 16.2. The highest BCUT2D eigenvalue weighted by Gasteiger charge is 2.58. The molecule has 1 fully saturated rings. The van der Waals surface area contributed by atoms with Crippen molar-refractivity contribution in [2.75, 3.05) is 33.9 Å². The molecule has 0 saturated heterocycles. The van der Waals surface area contributed by atoms with Crippen molar-refractivity contribution >= 4 is 29.9 Å². The first kappa shape index (κ1) is 20.7. The summed E-state index contributed by atoms with van der Waals surface area (Å²) >= 11 is 0. The molecular formula is C17H32IN3O2. The lowest BCUT2D eigenvalue weighted by Crippen LogP contribution is -2.69. The Labute approximate surface area is 157 Å². The van der Waals surface area contributed by atoms with Crippen LogP contribution < -0.4 is 10.6 Å². The fraction of sp³-hybridized carbons (Fsp3) is 0.824. The Kier molecular flexibility index (Phi) is 7.80. The van der Waals surface area contributed by atoms with Crippen LogP contribution in [0.1, 0.15) is 40.0 Å². The van der Waals surface area contributed by atoms with E-state index >= 15 is 0 Å². The van der Waals surface area contributed by atoms with Crippen LogP contribution in [0.15, 0.2) is 16.6 Å². The van der Waals surface area contributed by atoms with Crippen LogP contribution in [0.4, 0.5) is 0 Å². The Morgan fingerprint density at radius 2 is 2.17 bits per heavy atom. The Bertz CT molecular complexity index is 451. The number of hydrogen-bond acceptors (Lipinski definition) is 3. The van der Waals surface area contributed by atoms with E-state index in [1.54, 1.807) is 7.11 Å². The van der Waals surface area contributed by atoms with Gasteiger partial charge in [0, 0.05) is 32.2 Å². The number of aliphatic imine (C=N–C) groups is 1. The molecule has 2 atom stereocenters. The molecule has 0 aromatic rings. The zero-order valence-corrected chi connectivity index (χ0v) is 17.4. The molecular weight excluding hydrogens is 405 g/mol. The van der Waals surface area contributed by atoms with Crippen molar-refractivity contribution < 1.29 is 9.47 Å². The molecule has 5 nitrogen and oxygen atoms in total. The molecule has 134 valence electrons. The Balaban J connectivity index is 0.00000264. The van der Waals surface area contributed by atoms with E-state index in [1.165, 1.54) is 5.57 Å². The summed E-state index contributed by atoms with van der Waals surface area (Å²) in [5.41, 5.74) is 1.50. The van der Waals surface area contributed by atoms with Crippen LogP contribution in [0.3, 0.4) is 0 Å². The van der Waals surface area contributed by atoms with Crippen molar-refractivity contribution in [1.29, 1.82) is 0 Å². The van der Waals surface area contributed by atoms with Crippen LogP contribution >= 0.6 is 24.0 Å². The fourth-order valence-electron chi connectivity index (χ4n) is 3.22. The Hall–Kier alpha value is -0.340. The van der Waals surface area contributed by atoms with Gasteiger partial charge in [0.1, 0.15) is 0 Å². The van der Waals surface area contributed by atoms with Gasteiger partial charge in [-0.15, -0.1) is 24.0 Å². The quantitative estimate of drug-likeness (QED) is 0.301. The summed E-state index contributed by atoms with van der Waals surface area (Å²) in [6.45, 7) is 9.19. The van der Waals surface area contributed by atoms with E-state index in [9.17, 15) is 0 Å². The van der Waals surface area contributed by atoms with Gasteiger partial charge >= 0.3 is 0 Å². The van der Waals surface area contributed by atoms with Gasteiger partial charge in [-0.25, -0.2) is 0 Å². The topological polar surface area (TPSA) is 54.9 Å². The normalized spacial score (nSPS) is 29.9. The molecule has 0 radical (unpaired) electrons. The van der Waals surface area contributed by atoms with Gasteiger partial charge in [-0.05, 0) is 26.2 Å². The van der Waals surface area contributed by atoms with E-state index < -0.39 is 0 Å². The summed E-state index contributed by atoms with van der Waals surface area (Å²) in [5, 5.41) is 6.95. The first-order chi connectivity index (χ1) is 10.4. The highest BCUT2D eigenvalue weighted by Crippen LogP contribution is 2.51. The van der Waals surface area contributed by atoms with E-state index in [0.717, 1.165) is 45.0 Å². The van der Waals surface area contributed by atoms with Gasteiger partial charge in [-0.2, -0.15) is 0 Å². The van der Waals surface area contributed by atoms with Crippen molar-refractivity contribution in [2.45, 2.75) is 51.7 Å². The van der Waals surface area contributed by atoms with Crippen molar-refractivity contribution in [3.63, 3.8) is 0 Å². The van der Waals surface area contributed by atoms with Gasteiger partial charge in [0.15, 0.2) is 5.96 Å². The minimum atomic E-state index is -0.0591. The number of methoxy groups -OCH3 is 1. The second-order valence-electron chi connectivity index (χ2n) is 6.99. The predicted molar refractivity (Wildman–Crippen MR) is 106 cm³/mol. The minimum absolute atomic E-state index is 0.